The van der Waals surface area contributed by atoms with Crippen LogP contribution in [0.4, 0.5) is 0 Å². The maximum absolute atomic E-state index is 6.02. The highest BCUT2D eigenvalue weighted by Gasteiger charge is 2.35. The van der Waals surface area contributed by atoms with Gasteiger partial charge in [0.2, 0.25) is 0 Å². The summed E-state index contributed by atoms with van der Waals surface area (Å²) < 4.78 is 0. The Labute approximate surface area is 94.2 Å². The zero-order chi connectivity index (χ0) is 10.7. The van der Waals surface area contributed by atoms with E-state index in [0.717, 1.165) is 12.5 Å². The molecule has 2 N–H and O–H groups in total. The molecule has 0 bridgehead atoms. The second-order valence-corrected chi connectivity index (χ2v) is 5.75. The summed E-state index contributed by atoms with van der Waals surface area (Å²) in [6, 6.07) is 0. The molecule has 1 saturated carbocycles. The second kappa shape index (κ2) is 4.84. The molecular weight excluding hydrogens is 184 g/mol. The van der Waals surface area contributed by atoms with E-state index in [1.54, 1.807) is 0 Å². The standard InChI is InChI=1S/C13H26N2/c1-13(11-14,10-12-6-5-7-12)15-8-3-2-4-9-15/h12H,2-11,14H2,1H3. The van der Waals surface area contributed by atoms with Crippen molar-refractivity contribution in [1.29, 1.82) is 0 Å². The Balaban J connectivity index is 1.91. The van der Waals surface area contributed by atoms with Gasteiger partial charge in [-0.05, 0) is 45.2 Å². The highest BCUT2D eigenvalue weighted by molar-refractivity contribution is 4.92. The van der Waals surface area contributed by atoms with Crippen molar-refractivity contribution in [1.82, 2.24) is 4.90 Å². The van der Waals surface area contributed by atoms with Crippen LogP contribution in [-0.2, 0) is 0 Å². The monoisotopic (exact) mass is 210 g/mol. The van der Waals surface area contributed by atoms with Gasteiger partial charge in [-0.25, -0.2) is 0 Å². The molecule has 15 heavy (non-hydrogen) atoms. The molecule has 1 aliphatic heterocycles. The lowest BCUT2D eigenvalue weighted by Gasteiger charge is -2.46. The first-order chi connectivity index (χ1) is 7.24. The van der Waals surface area contributed by atoms with Crippen LogP contribution in [0.5, 0.6) is 0 Å². The van der Waals surface area contributed by atoms with Crippen molar-refractivity contribution in [2.24, 2.45) is 11.7 Å². The minimum Gasteiger partial charge on any atom is -0.329 e. The molecule has 2 fully saturated rings. The normalized spacial score (nSPS) is 28.4. The fraction of sp³-hybridized carbons (Fsp3) is 1.00. The number of nitrogens with zero attached hydrogens (tertiary/aromatic N) is 1. The van der Waals surface area contributed by atoms with E-state index in [4.69, 9.17) is 5.73 Å². The number of rotatable bonds is 4. The largest absolute Gasteiger partial charge is 0.329 e. The molecular formula is C13H26N2. The predicted octanol–water partition coefficient (Wildman–Crippen LogP) is 2.38. The van der Waals surface area contributed by atoms with Gasteiger partial charge in [0.1, 0.15) is 0 Å². The quantitative estimate of drug-likeness (QED) is 0.772. The molecule has 1 saturated heterocycles. The maximum Gasteiger partial charge on any atom is 0.0306 e. The molecule has 88 valence electrons. The molecule has 1 atom stereocenters. The van der Waals surface area contributed by atoms with Crippen LogP contribution in [-0.4, -0.2) is 30.1 Å². The summed E-state index contributed by atoms with van der Waals surface area (Å²) in [5.41, 5.74) is 6.32. The van der Waals surface area contributed by atoms with Crippen molar-refractivity contribution < 1.29 is 0 Å². The van der Waals surface area contributed by atoms with Gasteiger partial charge in [-0.2, -0.15) is 0 Å². The zero-order valence-electron chi connectivity index (χ0n) is 10.2. The topological polar surface area (TPSA) is 29.3 Å². The second-order valence-electron chi connectivity index (χ2n) is 5.75. The van der Waals surface area contributed by atoms with Gasteiger partial charge in [0, 0.05) is 12.1 Å². The summed E-state index contributed by atoms with van der Waals surface area (Å²) in [5, 5.41) is 0. The van der Waals surface area contributed by atoms with E-state index < -0.39 is 0 Å². The Hall–Kier alpha value is -0.0800. The predicted molar refractivity (Wildman–Crippen MR) is 64.8 cm³/mol. The van der Waals surface area contributed by atoms with E-state index >= 15 is 0 Å². The van der Waals surface area contributed by atoms with Crippen molar-refractivity contribution in [2.45, 2.75) is 57.4 Å². The number of likely N-dealkylation sites (tertiary alicyclic amines) is 1. The van der Waals surface area contributed by atoms with Crippen LogP contribution < -0.4 is 5.73 Å². The molecule has 1 unspecified atom stereocenters. The molecule has 0 spiro atoms. The van der Waals surface area contributed by atoms with Gasteiger partial charge in [-0.1, -0.05) is 25.7 Å². The lowest BCUT2D eigenvalue weighted by molar-refractivity contribution is 0.0516. The van der Waals surface area contributed by atoms with Crippen molar-refractivity contribution in [3.05, 3.63) is 0 Å². The van der Waals surface area contributed by atoms with E-state index in [-0.39, 0.29) is 0 Å². The Morgan fingerprint density at radius 1 is 1.13 bits per heavy atom. The van der Waals surface area contributed by atoms with Crippen molar-refractivity contribution in [2.75, 3.05) is 19.6 Å². The third-order valence-corrected chi connectivity index (χ3v) is 4.51. The van der Waals surface area contributed by atoms with Crippen LogP contribution in [0.25, 0.3) is 0 Å². The molecule has 0 amide bonds. The average Bonchev–Trinajstić information content (AvgIpc) is 2.24. The molecule has 2 rings (SSSR count). The number of hydrogen-bond donors (Lipinski definition) is 1. The number of hydrogen-bond acceptors (Lipinski definition) is 2. The Kier molecular flexibility index (Phi) is 3.68. The fourth-order valence-electron chi connectivity index (χ4n) is 3.09. The summed E-state index contributed by atoms with van der Waals surface area (Å²) in [6.45, 7) is 5.78. The summed E-state index contributed by atoms with van der Waals surface area (Å²) in [7, 11) is 0. The summed E-state index contributed by atoms with van der Waals surface area (Å²) in [6.07, 6.45) is 9.85. The van der Waals surface area contributed by atoms with Crippen LogP contribution in [0, 0.1) is 5.92 Å². The SMILES string of the molecule is CC(CN)(CC1CCC1)N1CCCCC1. The highest BCUT2D eigenvalue weighted by atomic mass is 15.2. The Morgan fingerprint density at radius 2 is 1.80 bits per heavy atom. The molecule has 1 heterocycles. The van der Waals surface area contributed by atoms with Crippen LogP contribution in [0.2, 0.25) is 0 Å². The molecule has 0 radical (unpaired) electrons. The van der Waals surface area contributed by atoms with Crippen LogP contribution in [0.1, 0.15) is 51.9 Å². The van der Waals surface area contributed by atoms with Gasteiger partial charge in [-0.15, -0.1) is 0 Å². The zero-order valence-corrected chi connectivity index (χ0v) is 10.2. The molecule has 2 nitrogen and oxygen atoms in total. The first-order valence-electron chi connectivity index (χ1n) is 6.70. The minimum atomic E-state index is 0.297. The molecule has 0 aromatic rings. The van der Waals surface area contributed by atoms with E-state index in [0.29, 0.717) is 5.54 Å². The van der Waals surface area contributed by atoms with Gasteiger partial charge >= 0.3 is 0 Å². The molecule has 2 heteroatoms. The molecule has 2 aliphatic rings. The summed E-state index contributed by atoms with van der Waals surface area (Å²) in [4.78, 5) is 2.66. The van der Waals surface area contributed by atoms with Crippen LogP contribution >= 0.6 is 0 Å². The van der Waals surface area contributed by atoms with Crippen LogP contribution in [0.15, 0.2) is 0 Å². The van der Waals surface area contributed by atoms with Gasteiger partial charge < -0.3 is 5.73 Å². The Bertz CT molecular complexity index is 195. The molecule has 1 aliphatic carbocycles. The van der Waals surface area contributed by atoms with Crippen molar-refractivity contribution in [3.63, 3.8) is 0 Å². The Morgan fingerprint density at radius 3 is 2.27 bits per heavy atom. The summed E-state index contributed by atoms with van der Waals surface area (Å²) in [5.74, 6) is 0.973. The van der Waals surface area contributed by atoms with E-state index in [1.165, 1.54) is 58.0 Å². The number of nitrogens with two attached hydrogens (primary N) is 1. The third kappa shape index (κ3) is 2.54. The third-order valence-electron chi connectivity index (χ3n) is 4.51. The maximum atomic E-state index is 6.02. The number of piperidine rings is 1. The minimum absolute atomic E-state index is 0.297. The van der Waals surface area contributed by atoms with E-state index in [2.05, 4.69) is 11.8 Å². The van der Waals surface area contributed by atoms with Gasteiger partial charge in [0.25, 0.3) is 0 Å². The van der Waals surface area contributed by atoms with E-state index in [9.17, 15) is 0 Å². The fourth-order valence-corrected chi connectivity index (χ4v) is 3.09. The first-order valence-corrected chi connectivity index (χ1v) is 6.70. The summed E-state index contributed by atoms with van der Waals surface area (Å²) >= 11 is 0. The first kappa shape index (κ1) is 11.4. The average molecular weight is 210 g/mol. The lowest BCUT2D eigenvalue weighted by atomic mass is 9.75. The van der Waals surface area contributed by atoms with Gasteiger partial charge in [-0.3, -0.25) is 4.90 Å². The van der Waals surface area contributed by atoms with E-state index in [1.807, 2.05) is 0 Å². The molecule has 0 aromatic heterocycles. The smallest absolute Gasteiger partial charge is 0.0306 e. The highest BCUT2D eigenvalue weighted by Crippen LogP contribution is 2.36. The van der Waals surface area contributed by atoms with Crippen LogP contribution in [0.3, 0.4) is 0 Å². The van der Waals surface area contributed by atoms with Crippen molar-refractivity contribution >= 4 is 0 Å². The van der Waals surface area contributed by atoms with Gasteiger partial charge in [0.05, 0.1) is 0 Å². The lowest BCUT2D eigenvalue weighted by Crippen LogP contribution is -2.54. The van der Waals surface area contributed by atoms with Gasteiger partial charge in [0.15, 0.2) is 0 Å². The molecule has 0 aromatic carbocycles. The van der Waals surface area contributed by atoms with Crippen molar-refractivity contribution in [3.8, 4) is 0 Å².